The van der Waals surface area contributed by atoms with Crippen molar-refractivity contribution in [2.75, 3.05) is 10.8 Å². The third-order valence-corrected chi connectivity index (χ3v) is 9.31. The highest BCUT2D eigenvalue weighted by molar-refractivity contribution is 7.92. The minimum absolute atomic E-state index is 0.0142. The number of carbonyl (C=O) groups is 2. The van der Waals surface area contributed by atoms with Crippen LogP contribution >= 0.6 is 11.6 Å². The van der Waals surface area contributed by atoms with Gasteiger partial charge in [0.1, 0.15) is 18.4 Å². The second-order valence-electron chi connectivity index (χ2n) is 12.1. The first-order valence-corrected chi connectivity index (χ1v) is 16.6. The fraction of sp³-hybridized carbons (Fsp3) is 0.257. The lowest BCUT2D eigenvalue weighted by atomic mass is 10.0. The molecule has 4 rings (SSSR count). The maximum atomic E-state index is 14.4. The van der Waals surface area contributed by atoms with Gasteiger partial charge in [0.05, 0.1) is 21.2 Å². The average Bonchev–Trinajstić information content (AvgIpc) is 3.02. The first-order chi connectivity index (χ1) is 22.5. The Balaban J connectivity index is 1.87. The molecular formula is C35H34ClF4N3O4S. The van der Waals surface area contributed by atoms with Gasteiger partial charge in [0, 0.05) is 18.5 Å². The van der Waals surface area contributed by atoms with E-state index in [9.17, 15) is 35.6 Å². The summed E-state index contributed by atoms with van der Waals surface area (Å²) in [6.07, 6.45) is -4.92. The number of hydrogen-bond acceptors (Lipinski definition) is 4. The SMILES string of the molecule is CC(C)(C)NC(=O)C(Cc1ccccc1)N(Cc1ccc(F)cc1)C(=O)CN(c1ccc(Cl)c(C(F)(F)F)c1)S(=O)(=O)c1ccccc1. The van der Waals surface area contributed by atoms with Gasteiger partial charge in [-0.15, -0.1) is 0 Å². The maximum absolute atomic E-state index is 14.4. The van der Waals surface area contributed by atoms with Crippen molar-refractivity contribution in [1.82, 2.24) is 10.2 Å². The molecule has 1 unspecified atom stereocenters. The van der Waals surface area contributed by atoms with Crippen molar-refractivity contribution in [3.8, 4) is 0 Å². The molecule has 0 spiro atoms. The third-order valence-electron chi connectivity index (χ3n) is 7.19. The van der Waals surface area contributed by atoms with Crippen LogP contribution in [0.25, 0.3) is 0 Å². The molecule has 48 heavy (non-hydrogen) atoms. The summed E-state index contributed by atoms with van der Waals surface area (Å²) in [6, 6.07) is 22.3. The van der Waals surface area contributed by atoms with Crippen molar-refractivity contribution in [3.63, 3.8) is 0 Å². The second kappa shape index (κ2) is 14.8. The molecule has 13 heteroatoms. The monoisotopic (exact) mass is 703 g/mol. The number of halogens is 5. The Kier molecular flexibility index (Phi) is 11.2. The van der Waals surface area contributed by atoms with Crippen LogP contribution in [0, 0.1) is 5.82 Å². The quantitative estimate of drug-likeness (QED) is 0.167. The summed E-state index contributed by atoms with van der Waals surface area (Å²) in [5.74, 6) is -1.98. The molecule has 0 fully saturated rings. The predicted octanol–water partition coefficient (Wildman–Crippen LogP) is 7.25. The van der Waals surface area contributed by atoms with Crippen LogP contribution < -0.4 is 9.62 Å². The minimum Gasteiger partial charge on any atom is -0.350 e. The number of anilines is 1. The molecule has 2 amide bonds. The third kappa shape index (κ3) is 9.35. The van der Waals surface area contributed by atoms with Gasteiger partial charge in [-0.1, -0.05) is 72.3 Å². The molecule has 0 saturated carbocycles. The van der Waals surface area contributed by atoms with Gasteiger partial charge in [-0.3, -0.25) is 13.9 Å². The Morgan fingerprint density at radius 2 is 1.42 bits per heavy atom. The number of carbonyl (C=O) groups excluding carboxylic acids is 2. The molecule has 254 valence electrons. The van der Waals surface area contributed by atoms with E-state index in [0.717, 1.165) is 17.0 Å². The summed E-state index contributed by atoms with van der Waals surface area (Å²) in [6.45, 7) is 4.03. The highest BCUT2D eigenvalue weighted by Crippen LogP contribution is 2.38. The number of rotatable bonds is 11. The number of alkyl halides is 3. The van der Waals surface area contributed by atoms with Gasteiger partial charge in [0.2, 0.25) is 11.8 Å². The van der Waals surface area contributed by atoms with Crippen LogP contribution in [0.3, 0.4) is 0 Å². The van der Waals surface area contributed by atoms with Gasteiger partial charge in [-0.2, -0.15) is 13.2 Å². The van der Waals surface area contributed by atoms with Crippen molar-refractivity contribution in [2.45, 2.75) is 56.4 Å². The zero-order valence-corrected chi connectivity index (χ0v) is 27.9. The van der Waals surface area contributed by atoms with E-state index in [-0.39, 0.29) is 17.9 Å². The molecule has 4 aromatic rings. The number of sulfonamides is 1. The minimum atomic E-state index is -4.93. The Labute approximate surface area is 282 Å². The Morgan fingerprint density at radius 3 is 1.98 bits per heavy atom. The number of hydrogen-bond donors (Lipinski definition) is 1. The van der Waals surface area contributed by atoms with E-state index < -0.39 is 68.2 Å². The van der Waals surface area contributed by atoms with Crippen LogP contribution in [0.15, 0.2) is 108 Å². The van der Waals surface area contributed by atoms with Crippen molar-refractivity contribution in [1.29, 1.82) is 0 Å². The summed E-state index contributed by atoms with van der Waals surface area (Å²) in [5, 5.41) is 2.22. The normalized spacial score (nSPS) is 12.7. The smallest absolute Gasteiger partial charge is 0.350 e. The van der Waals surface area contributed by atoms with Crippen molar-refractivity contribution in [3.05, 3.63) is 131 Å². The molecule has 0 aliphatic heterocycles. The summed E-state index contributed by atoms with van der Waals surface area (Å²) >= 11 is 5.85. The van der Waals surface area contributed by atoms with Crippen LogP contribution in [0.1, 0.15) is 37.5 Å². The summed E-state index contributed by atoms with van der Waals surface area (Å²) in [5.41, 5.74) is -1.38. The summed E-state index contributed by atoms with van der Waals surface area (Å²) in [7, 11) is -4.64. The molecule has 0 heterocycles. The van der Waals surface area contributed by atoms with Crippen LogP contribution in [0.5, 0.6) is 0 Å². The largest absolute Gasteiger partial charge is 0.417 e. The molecular weight excluding hydrogens is 670 g/mol. The van der Waals surface area contributed by atoms with E-state index in [4.69, 9.17) is 11.6 Å². The van der Waals surface area contributed by atoms with E-state index >= 15 is 0 Å². The number of amides is 2. The molecule has 1 atom stereocenters. The number of nitrogens with one attached hydrogen (secondary N) is 1. The fourth-order valence-corrected chi connectivity index (χ4v) is 6.58. The number of nitrogens with zero attached hydrogens (tertiary/aromatic N) is 2. The van der Waals surface area contributed by atoms with E-state index in [1.807, 2.05) is 0 Å². The van der Waals surface area contributed by atoms with Gasteiger partial charge in [0.15, 0.2) is 0 Å². The van der Waals surface area contributed by atoms with Gasteiger partial charge in [-0.25, -0.2) is 12.8 Å². The molecule has 7 nitrogen and oxygen atoms in total. The fourth-order valence-electron chi connectivity index (χ4n) is 4.93. The first kappa shape index (κ1) is 36.4. The molecule has 4 aromatic carbocycles. The van der Waals surface area contributed by atoms with Gasteiger partial charge in [0.25, 0.3) is 10.0 Å². The van der Waals surface area contributed by atoms with E-state index in [1.54, 1.807) is 57.2 Å². The zero-order chi connectivity index (χ0) is 35.3. The lowest BCUT2D eigenvalue weighted by Gasteiger charge is -2.35. The molecule has 0 bridgehead atoms. The summed E-state index contributed by atoms with van der Waals surface area (Å²) < 4.78 is 84.2. The van der Waals surface area contributed by atoms with Crippen molar-refractivity contribution >= 4 is 39.1 Å². The number of benzene rings is 4. The Bertz CT molecular complexity index is 1830. The van der Waals surface area contributed by atoms with Gasteiger partial charge >= 0.3 is 6.18 Å². The standard InChI is InChI=1S/C35H34ClF4N3O4S/c1-34(2,3)41-33(45)31(20-24-10-6-4-7-11-24)42(22-25-14-16-26(37)17-15-25)32(44)23-43(48(46,47)28-12-8-5-9-13-28)27-18-19-30(36)29(21-27)35(38,39)40/h4-19,21,31H,20,22-23H2,1-3H3,(H,41,45). The van der Waals surface area contributed by atoms with Crippen LogP contribution in [0.4, 0.5) is 23.2 Å². The van der Waals surface area contributed by atoms with Crippen molar-refractivity contribution < 1.29 is 35.6 Å². The molecule has 0 saturated heterocycles. The average molecular weight is 704 g/mol. The maximum Gasteiger partial charge on any atom is 0.417 e. The molecule has 0 aromatic heterocycles. The van der Waals surface area contributed by atoms with E-state index in [2.05, 4.69) is 5.32 Å². The Morgan fingerprint density at radius 1 is 0.833 bits per heavy atom. The highest BCUT2D eigenvalue weighted by atomic mass is 35.5. The van der Waals surface area contributed by atoms with Gasteiger partial charge < -0.3 is 10.2 Å². The van der Waals surface area contributed by atoms with E-state index in [1.165, 1.54) is 48.5 Å². The molecule has 1 N–H and O–H groups in total. The van der Waals surface area contributed by atoms with E-state index in [0.29, 0.717) is 21.5 Å². The molecule has 0 radical (unpaired) electrons. The van der Waals surface area contributed by atoms with Crippen molar-refractivity contribution in [2.24, 2.45) is 0 Å². The lowest BCUT2D eigenvalue weighted by molar-refractivity contribution is -0.140. The second-order valence-corrected chi connectivity index (χ2v) is 14.3. The van der Waals surface area contributed by atoms with Gasteiger partial charge in [-0.05, 0) is 74.4 Å². The molecule has 0 aliphatic rings. The lowest BCUT2D eigenvalue weighted by Crippen LogP contribution is -2.56. The van der Waals surface area contributed by atoms with Crippen LogP contribution in [-0.4, -0.2) is 43.3 Å². The predicted molar refractivity (Wildman–Crippen MR) is 176 cm³/mol. The summed E-state index contributed by atoms with van der Waals surface area (Å²) in [4.78, 5) is 29.2. The zero-order valence-electron chi connectivity index (χ0n) is 26.3. The molecule has 0 aliphatic carbocycles. The Hall–Kier alpha value is -4.42. The topological polar surface area (TPSA) is 86.8 Å². The first-order valence-electron chi connectivity index (χ1n) is 14.8. The van der Waals surface area contributed by atoms with Crippen LogP contribution in [0.2, 0.25) is 5.02 Å². The van der Waals surface area contributed by atoms with Crippen LogP contribution in [-0.2, 0) is 38.8 Å². The highest BCUT2D eigenvalue weighted by Gasteiger charge is 2.38.